The average molecular weight is 316 g/mol. The zero-order chi connectivity index (χ0) is 17.0. The first-order chi connectivity index (χ1) is 11.0. The predicted molar refractivity (Wildman–Crippen MR) is 99.3 cm³/mol. The molecule has 0 aliphatic carbocycles. The summed E-state index contributed by atoms with van der Waals surface area (Å²) >= 11 is 0. The number of benzene rings is 1. The first-order valence-electron chi connectivity index (χ1n) is 8.99. The fourth-order valence-corrected chi connectivity index (χ4v) is 2.96. The zero-order valence-electron chi connectivity index (χ0n) is 15.6. The van der Waals surface area contributed by atoms with Gasteiger partial charge in [0.25, 0.3) is 0 Å². The summed E-state index contributed by atoms with van der Waals surface area (Å²) in [6.45, 7) is 15.1. The Hall–Kier alpha value is -1.48. The van der Waals surface area contributed by atoms with Crippen LogP contribution in [0.25, 0.3) is 10.9 Å². The van der Waals surface area contributed by atoms with Crippen molar-refractivity contribution in [2.45, 2.75) is 79.6 Å². The minimum Gasteiger partial charge on any atom is -0.491 e. The molecule has 2 rings (SSSR count). The number of aromatic nitrogens is 1. The number of hydrogen-bond acceptors (Lipinski definition) is 2. The third-order valence-corrected chi connectivity index (χ3v) is 4.47. The van der Waals surface area contributed by atoms with Crippen molar-refractivity contribution < 1.29 is 4.74 Å². The molecule has 23 heavy (non-hydrogen) atoms. The maximum atomic E-state index is 6.03. The van der Waals surface area contributed by atoms with Crippen molar-refractivity contribution in [2.75, 3.05) is 0 Å². The summed E-state index contributed by atoms with van der Waals surface area (Å²) in [5.74, 6) is 0.978. The molecule has 0 saturated carbocycles. The molecule has 0 aliphatic heterocycles. The first-order valence-corrected chi connectivity index (χ1v) is 8.99. The SMILES string of the molecule is CCCn1c(C)c(CNC(C)C)c2cc(OC(C)CC)ccc21. The number of nitrogens with zero attached hydrogens (tertiary/aromatic N) is 1. The van der Waals surface area contributed by atoms with Crippen molar-refractivity contribution in [3.63, 3.8) is 0 Å². The van der Waals surface area contributed by atoms with Gasteiger partial charge in [-0.1, -0.05) is 27.7 Å². The molecule has 0 fully saturated rings. The van der Waals surface area contributed by atoms with Crippen LogP contribution >= 0.6 is 0 Å². The molecule has 0 amide bonds. The molecule has 3 nitrogen and oxygen atoms in total. The topological polar surface area (TPSA) is 26.2 Å². The molecule has 0 bridgehead atoms. The van der Waals surface area contributed by atoms with Crippen LogP contribution in [0.3, 0.4) is 0 Å². The summed E-state index contributed by atoms with van der Waals surface area (Å²) in [6.07, 6.45) is 2.42. The Balaban J connectivity index is 2.46. The molecule has 3 heteroatoms. The monoisotopic (exact) mass is 316 g/mol. The lowest BCUT2D eigenvalue weighted by Crippen LogP contribution is -2.22. The van der Waals surface area contributed by atoms with Crippen molar-refractivity contribution in [1.29, 1.82) is 0 Å². The van der Waals surface area contributed by atoms with E-state index in [0.29, 0.717) is 6.04 Å². The minimum atomic E-state index is 0.253. The molecule has 128 valence electrons. The Morgan fingerprint density at radius 1 is 1.17 bits per heavy atom. The highest BCUT2D eigenvalue weighted by Gasteiger charge is 2.15. The molecule has 0 aliphatic rings. The lowest BCUT2D eigenvalue weighted by molar-refractivity contribution is 0.217. The van der Waals surface area contributed by atoms with Crippen molar-refractivity contribution in [3.05, 3.63) is 29.5 Å². The second-order valence-electron chi connectivity index (χ2n) is 6.77. The number of fused-ring (bicyclic) bond motifs is 1. The van der Waals surface area contributed by atoms with Crippen molar-refractivity contribution in [2.24, 2.45) is 0 Å². The van der Waals surface area contributed by atoms with Crippen LogP contribution in [0.1, 0.15) is 58.7 Å². The van der Waals surface area contributed by atoms with E-state index in [1.807, 2.05) is 0 Å². The largest absolute Gasteiger partial charge is 0.491 e. The number of ether oxygens (including phenoxy) is 1. The van der Waals surface area contributed by atoms with Crippen molar-refractivity contribution >= 4 is 10.9 Å². The lowest BCUT2D eigenvalue weighted by atomic mass is 10.1. The standard InChI is InChI=1S/C20H32N2O/c1-7-11-22-16(6)19(13-21-14(3)4)18-12-17(9-10-20(18)22)23-15(5)8-2/h9-10,12,14-15,21H,7-8,11,13H2,1-6H3. The molecule has 1 unspecified atom stereocenters. The Labute approximate surface area is 141 Å². The van der Waals surface area contributed by atoms with Gasteiger partial charge < -0.3 is 14.6 Å². The maximum Gasteiger partial charge on any atom is 0.120 e. The molecule has 1 N–H and O–H groups in total. The summed E-state index contributed by atoms with van der Waals surface area (Å²) in [5.41, 5.74) is 4.09. The van der Waals surface area contributed by atoms with E-state index >= 15 is 0 Å². The van der Waals surface area contributed by atoms with Crippen molar-refractivity contribution in [3.8, 4) is 5.75 Å². The molecule has 1 aromatic carbocycles. The van der Waals surface area contributed by atoms with Crippen LogP contribution in [-0.2, 0) is 13.1 Å². The van der Waals surface area contributed by atoms with Gasteiger partial charge in [-0.2, -0.15) is 0 Å². The van der Waals surface area contributed by atoms with Crippen LogP contribution in [0.2, 0.25) is 0 Å². The molecule has 1 aromatic heterocycles. The fourth-order valence-electron chi connectivity index (χ4n) is 2.96. The molecule has 1 heterocycles. The maximum absolute atomic E-state index is 6.03. The van der Waals surface area contributed by atoms with Gasteiger partial charge in [-0.3, -0.25) is 0 Å². The van der Waals surface area contributed by atoms with Gasteiger partial charge in [-0.15, -0.1) is 0 Å². The molecule has 0 spiro atoms. The minimum absolute atomic E-state index is 0.253. The molecule has 1 atom stereocenters. The van der Waals surface area contributed by atoms with E-state index in [2.05, 4.69) is 69.6 Å². The van der Waals surface area contributed by atoms with E-state index in [1.54, 1.807) is 0 Å². The number of nitrogens with one attached hydrogen (secondary N) is 1. The quantitative estimate of drug-likeness (QED) is 0.739. The normalized spacial score (nSPS) is 13.0. The molecular weight excluding hydrogens is 284 g/mol. The van der Waals surface area contributed by atoms with Gasteiger partial charge in [0.1, 0.15) is 5.75 Å². The van der Waals surface area contributed by atoms with Gasteiger partial charge in [-0.25, -0.2) is 0 Å². The van der Waals surface area contributed by atoms with E-state index in [-0.39, 0.29) is 6.10 Å². The highest BCUT2D eigenvalue weighted by atomic mass is 16.5. The van der Waals surface area contributed by atoms with Crippen LogP contribution in [0.15, 0.2) is 18.2 Å². The zero-order valence-corrected chi connectivity index (χ0v) is 15.6. The third-order valence-electron chi connectivity index (χ3n) is 4.47. The van der Waals surface area contributed by atoms with Gasteiger partial charge in [0.05, 0.1) is 6.10 Å². The molecule has 2 aromatic rings. The number of aryl methyl sites for hydroxylation is 1. The van der Waals surface area contributed by atoms with E-state index in [1.165, 1.54) is 22.2 Å². The Kier molecular flexibility index (Phi) is 6.11. The van der Waals surface area contributed by atoms with Gasteiger partial charge in [0.15, 0.2) is 0 Å². The fraction of sp³-hybridized carbons (Fsp3) is 0.600. The van der Waals surface area contributed by atoms with Crippen LogP contribution < -0.4 is 10.1 Å². The Morgan fingerprint density at radius 3 is 2.52 bits per heavy atom. The summed E-state index contributed by atoms with van der Waals surface area (Å²) in [6, 6.07) is 7.03. The molecule has 0 radical (unpaired) electrons. The van der Waals surface area contributed by atoms with E-state index in [0.717, 1.165) is 31.7 Å². The Morgan fingerprint density at radius 2 is 1.91 bits per heavy atom. The van der Waals surface area contributed by atoms with Crippen LogP contribution in [0, 0.1) is 6.92 Å². The number of rotatable bonds is 8. The van der Waals surface area contributed by atoms with Crippen LogP contribution in [-0.4, -0.2) is 16.7 Å². The van der Waals surface area contributed by atoms with Crippen LogP contribution in [0.5, 0.6) is 5.75 Å². The smallest absolute Gasteiger partial charge is 0.120 e. The summed E-state index contributed by atoms with van der Waals surface area (Å²) in [4.78, 5) is 0. The van der Waals surface area contributed by atoms with E-state index in [4.69, 9.17) is 4.74 Å². The van der Waals surface area contributed by atoms with E-state index in [9.17, 15) is 0 Å². The van der Waals surface area contributed by atoms with E-state index < -0.39 is 0 Å². The van der Waals surface area contributed by atoms with Crippen LogP contribution in [0.4, 0.5) is 0 Å². The Bertz CT molecular complexity index is 643. The number of hydrogen-bond donors (Lipinski definition) is 1. The lowest BCUT2D eigenvalue weighted by Gasteiger charge is -2.13. The highest BCUT2D eigenvalue weighted by molar-refractivity contribution is 5.87. The third kappa shape index (κ3) is 4.08. The highest BCUT2D eigenvalue weighted by Crippen LogP contribution is 2.30. The second-order valence-corrected chi connectivity index (χ2v) is 6.77. The predicted octanol–water partition coefficient (Wildman–Crippen LogP) is 5.04. The van der Waals surface area contributed by atoms with Gasteiger partial charge >= 0.3 is 0 Å². The van der Waals surface area contributed by atoms with Gasteiger partial charge in [0.2, 0.25) is 0 Å². The van der Waals surface area contributed by atoms with Gasteiger partial charge in [-0.05, 0) is 50.5 Å². The summed E-state index contributed by atoms with van der Waals surface area (Å²) in [7, 11) is 0. The second kappa shape index (κ2) is 7.87. The summed E-state index contributed by atoms with van der Waals surface area (Å²) < 4.78 is 8.48. The van der Waals surface area contributed by atoms with Crippen molar-refractivity contribution in [1.82, 2.24) is 9.88 Å². The molecular formula is C20H32N2O. The van der Waals surface area contributed by atoms with Gasteiger partial charge in [0, 0.05) is 35.7 Å². The average Bonchev–Trinajstić information content (AvgIpc) is 2.77. The first kappa shape index (κ1) is 17.9. The molecule has 0 saturated heterocycles. The summed E-state index contributed by atoms with van der Waals surface area (Å²) in [5, 5.41) is 4.89.